The van der Waals surface area contributed by atoms with E-state index in [0.29, 0.717) is 52.4 Å². The number of methoxy groups -OCH3 is 1. The van der Waals surface area contributed by atoms with Crippen LogP contribution in [0.25, 0.3) is 11.0 Å². The molecule has 46 heavy (non-hydrogen) atoms. The monoisotopic (exact) mass is 626 g/mol. The number of hydrogen-bond donors (Lipinski definition) is 3. The number of aromatic nitrogens is 2. The van der Waals surface area contributed by atoms with Crippen molar-refractivity contribution < 1.29 is 23.9 Å². The normalized spacial score (nSPS) is 13.5. The molecule has 5 rings (SSSR count). The number of likely N-dealkylation sites (N-methyl/N-ethyl adjacent to an activating group) is 1. The molecule has 1 saturated heterocycles. The van der Waals surface area contributed by atoms with Gasteiger partial charge < -0.3 is 34.9 Å². The maximum Gasteiger partial charge on any atom is 0.257 e. The minimum Gasteiger partial charge on any atom is -0.491 e. The van der Waals surface area contributed by atoms with Crippen LogP contribution < -0.4 is 15.4 Å². The smallest absolute Gasteiger partial charge is 0.257 e. The van der Waals surface area contributed by atoms with Crippen LogP contribution in [0.3, 0.4) is 0 Å². The highest BCUT2D eigenvalue weighted by atomic mass is 16.5. The number of hydrogen-bond acceptors (Lipinski definition) is 7. The number of fused-ring (bicyclic) bond motifs is 1. The number of unbranched alkanes of at least 4 members (excludes halogenated alkanes) is 2. The van der Waals surface area contributed by atoms with Gasteiger partial charge in [0, 0.05) is 56.5 Å². The quantitative estimate of drug-likeness (QED) is 0.173. The van der Waals surface area contributed by atoms with Crippen molar-refractivity contribution >= 4 is 40.1 Å². The molecule has 3 N–H and O–H groups in total. The van der Waals surface area contributed by atoms with Crippen LogP contribution in [0.5, 0.6) is 5.75 Å². The van der Waals surface area contributed by atoms with E-state index in [2.05, 4.69) is 32.5 Å². The molecule has 4 aromatic rings. The highest BCUT2D eigenvalue weighted by Gasteiger charge is 2.19. The number of piperazine rings is 1. The summed E-state index contributed by atoms with van der Waals surface area (Å²) in [4.78, 5) is 50.5. The number of carbonyl (C=O) groups excluding carboxylic acids is 3. The van der Waals surface area contributed by atoms with Gasteiger partial charge in [-0.25, -0.2) is 4.98 Å². The van der Waals surface area contributed by atoms with Gasteiger partial charge in [-0.15, -0.1) is 0 Å². The molecule has 242 valence electrons. The van der Waals surface area contributed by atoms with Crippen molar-refractivity contribution in [2.45, 2.75) is 39.2 Å². The Hall–Kier alpha value is -4.74. The number of aromatic amines is 1. The topological polar surface area (TPSA) is 129 Å². The molecule has 11 nitrogen and oxygen atoms in total. The van der Waals surface area contributed by atoms with Crippen molar-refractivity contribution in [3.05, 3.63) is 83.2 Å². The van der Waals surface area contributed by atoms with E-state index < -0.39 is 0 Å². The molecule has 3 amide bonds. The van der Waals surface area contributed by atoms with Gasteiger partial charge in [-0.3, -0.25) is 14.4 Å². The number of H-pyrrole nitrogens is 1. The summed E-state index contributed by atoms with van der Waals surface area (Å²) in [5.74, 6) is 0.201. The van der Waals surface area contributed by atoms with E-state index in [4.69, 9.17) is 9.47 Å². The highest BCUT2D eigenvalue weighted by molar-refractivity contribution is 6.12. The first kappa shape index (κ1) is 32.6. The van der Waals surface area contributed by atoms with Crippen LogP contribution in [-0.2, 0) is 16.1 Å². The Kier molecular flexibility index (Phi) is 11.0. The van der Waals surface area contributed by atoms with Crippen molar-refractivity contribution in [3.8, 4) is 5.75 Å². The second-order valence-electron chi connectivity index (χ2n) is 11.7. The molecule has 0 bridgehead atoms. The van der Waals surface area contributed by atoms with Crippen LogP contribution in [0, 0.1) is 6.92 Å². The summed E-state index contributed by atoms with van der Waals surface area (Å²) in [6.45, 7) is 6.11. The van der Waals surface area contributed by atoms with Gasteiger partial charge in [-0.05, 0) is 81.3 Å². The van der Waals surface area contributed by atoms with E-state index in [1.807, 2.05) is 36.1 Å². The fourth-order valence-electron chi connectivity index (χ4n) is 5.47. The molecule has 11 heteroatoms. The number of amides is 3. The molecule has 0 aliphatic carbocycles. The zero-order chi connectivity index (χ0) is 32.5. The maximum absolute atomic E-state index is 13.4. The number of aryl methyl sites for hydroxylation is 1. The molecule has 1 aromatic heterocycles. The molecular weight excluding hydrogens is 584 g/mol. The Bertz CT molecular complexity index is 1680. The first-order valence-corrected chi connectivity index (χ1v) is 15.7. The molecule has 2 heterocycles. The minimum absolute atomic E-state index is 0.198. The van der Waals surface area contributed by atoms with Gasteiger partial charge in [0.2, 0.25) is 5.91 Å². The van der Waals surface area contributed by atoms with Crippen LogP contribution in [0.4, 0.5) is 11.4 Å². The van der Waals surface area contributed by atoms with E-state index in [9.17, 15) is 14.4 Å². The molecule has 0 spiro atoms. The SMILES string of the molecule is COCc1cc(C(=O)Nc2ccc(C)cc2OCCCCCC(=O)N2CCN(C)CC2)ccc1NC(=O)c1cccc2[nH]cnc12. The first-order chi connectivity index (χ1) is 22.3. The van der Waals surface area contributed by atoms with E-state index in [0.717, 1.165) is 56.5 Å². The molecule has 0 unspecified atom stereocenters. The summed E-state index contributed by atoms with van der Waals surface area (Å²) >= 11 is 0. The zero-order valence-electron chi connectivity index (χ0n) is 26.7. The van der Waals surface area contributed by atoms with Gasteiger partial charge in [-0.1, -0.05) is 12.1 Å². The number of para-hydroxylation sites is 1. The molecule has 0 radical (unpaired) electrons. The summed E-state index contributed by atoms with van der Waals surface area (Å²) in [7, 11) is 3.64. The first-order valence-electron chi connectivity index (χ1n) is 15.7. The van der Waals surface area contributed by atoms with Gasteiger partial charge in [0.25, 0.3) is 11.8 Å². The fraction of sp³-hybridized carbons (Fsp3) is 0.371. The van der Waals surface area contributed by atoms with Crippen LogP contribution in [0.15, 0.2) is 60.9 Å². The lowest BCUT2D eigenvalue weighted by atomic mass is 10.1. The number of anilines is 2. The molecule has 1 aliphatic rings. The Morgan fingerprint density at radius 2 is 1.70 bits per heavy atom. The van der Waals surface area contributed by atoms with E-state index in [-0.39, 0.29) is 24.3 Å². The average Bonchev–Trinajstić information content (AvgIpc) is 3.54. The Labute approximate surface area is 269 Å². The van der Waals surface area contributed by atoms with Crippen LogP contribution in [-0.4, -0.2) is 84.4 Å². The van der Waals surface area contributed by atoms with Crippen molar-refractivity contribution in [2.75, 3.05) is 57.6 Å². The predicted octanol–water partition coefficient (Wildman–Crippen LogP) is 5.24. The standard InChI is InChI=1S/C35H42N6O5/c1-24-11-13-29(31(20-24)46-19-6-4-5-10-32(42)41-17-15-40(2)16-18-41)39-34(43)25-12-14-28(26(21-25)22-45-3)38-35(44)27-8-7-9-30-33(27)37-23-36-30/h7-9,11-14,20-21,23H,4-6,10,15-19,22H2,1-3H3,(H,36,37)(H,38,44)(H,39,43). The highest BCUT2D eigenvalue weighted by Crippen LogP contribution is 2.28. The number of nitrogens with zero attached hydrogens (tertiary/aromatic N) is 3. The number of benzene rings is 3. The Balaban J connectivity index is 1.17. The number of nitrogens with one attached hydrogen (secondary N) is 3. The largest absolute Gasteiger partial charge is 0.491 e. The Morgan fingerprint density at radius 3 is 2.50 bits per heavy atom. The van der Waals surface area contributed by atoms with Gasteiger partial charge in [0.1, 0.15) is 11.3 Å². The summed E-state index contributed by atoms with van der Waals surface area (Å²) in [6, 6.07) is 16.1. The Morgan fingerprint density at radius 1 is 0.913 bits per heavy atom. The second-order valence-corrected chi connectivity index (χ2v) is 11.7. The maximum atomic E-state index is 13.4. The minimum atomic E-state index is -0.312. The van der Waals surface area contributed by atoms with Crippen molar-refractivity contribution in [3.63, 3.8) is 0 Å². The number of ether oxygens (including phenoxy) is 2. The van der Waals surface area contributed by atoms with E-state index >= 15 is 0 Å². The molecule has 1 fully saturated rings. The van der Waals surface area contributed by atoms with Crippen molar-refractivity contribution in [2.24, 2.45) is 0 Å². The predicted molar refractivity (Wildman–Crippen MR) is 178 cm³/mol. The van der Waals surface area contributed by atoms with Gasteiger partial charge in [-0.2, -0.15) is 0 Å². The van der Waals surface area contributed by atoms with Crippen LogP contribution in [0.2, 0.25) is 0 Å². The fourth-order valence-corrected chi connectivity index (χ4v) is 5.47. The number of carbonyl (C=O) groups is 3. The molecule has 1 aliphatic heterocycles. The van der Waals surface area contributed by atoms with Crippen molar-refractivity contribution in [1.29, 1.82) is 0 Å². The molecule has 3 aromatic carbocycles. The van der Waals surface area contributed by atoms with Gasteiger partial charge >= 0.3 is 0 Å². The summed E-state index contributed by atoms with van der Waals surface area (Å²) in [6.07, 6.45) is 4.62. The molecule has 0 saturated carbocycles. The number of rotatable bonds is 13. The third kappa shape index (κ3) is 8.29. The lowest BCUT2D eigenvalue weighted by Crippen LogP contribution is -2.47. The molecule has 0 atom stereocenters. The molecular formula is C35H42N6O5. The zero-order valence-corrected chi connectivity index (χ0v) is 26.7. The summed E-state index contributed by atoms with van der Waals surface area (Å²) < 4.78 is 11.5. The lowest BCUT2D eigenvalue weighted by Gasteiger charge is -2.32. The van der Waals surface area contributed by atoms with Crippen LogP contribution in [0.1, 0.15) is 57.5 Å². The second kappa shape index (κ2) is 15.5. The number of imidazole rings is 1. The third-order valence-electron chi connectivity index (χ3n) is 8.14. The lowest BCUT2D eigenvalue weighted by molar-refractivity contribution is -0.132. The van der Waals surface area contributed by atoms with Gasteiger partial charge in [0.15, 0.2) is 0 Å². The average molecular weight is 627 g/mol. The van der Waals surface area contributed by atoms with E-state index in [1.54, 1.807) is 43.8 Å². The van der Waals surface area contributed by atoms with Crippen molar-refractivity contribution in [1.82, 2.24) is 19.8 Å². The summed E-state index contributed by atoms with van der Waals surface area (Å²) in [5, 5.41) is 5.92. The van der Waals surface area contributed by atoms with Gasteiger partial charge in [0.05, 0.1) is 36.3 Å². The van der Waals surface area contributed by atoms with Crippen LogP contribution >= 0.6 is 0 Å². The summed E-state index contributed by atoms with van der Waals surface area (Å²) in [5.41, 5.74) is 4.98. The third-order valence-corrected chi connectivity index (χ3v) is 8.14. The van der Waals surface area contributed by atoms with E-state index in [1.165, 1.54) is 0 Å².